The van der Waals surface area contributed by atoms with Crippen LogP contribution in [0.5, 0.6) is 0 Å². The van der Waals surface area contributed by atoms with Gasteiger partial charge in [-0.05, 0) is 51.7 Å². The van der Waals surface area contributed by atoms with Gasteiger partial charge in [0.25, 0.3) is 5.91 Å². The minimum absolute atomic E-state index is 0.0112. The maximum atomic E-state index is 13.3. The molecule has 0 atom stereocenters. The van der Waals surface area contributed by atoms with Crippen molar-refractivity contribution in [2.24, 2.45) is 0 Å². The summed E-state index contributed by atoms with van der Waals surface area (Å²) in [4.78, 5) is 28.8. The Hall–Kier alpha value is -3.46. The van der Waals surface area contributed by atoms with E-state index in [1.54, 1.807) is 23.0 Å². The molecule has 34 heavy (non-hydrogen) atoms. The second kappa shape index (κ2) is 10.2. The smallest absolute Gasteiger partial charge is 0.255 e. The SMILES string of the molecule is CC(=O)N[C@H]1CC[C@H](NC(=O)c2cnn3cc(-c4ccc(CO)nc4)cc3c2NC(C)C)CC1. The topological polar surface area (TPSA) is 121 Å². The molecule has 1 aliphatic carbocycles. The molecule has 9 heteroatoms. The van der Waals surface area contributed by atoms with Crippen molar-refractivity contribution in [1.82, 2.24) is 25.2 Å². The molecule has 0 saturated heterocycles. The zero-order chi connectivity index (χ0) is 24.2. The molecular formula is C25H32N6O3. The average Bonchev–Trinajstić information content (AvgIpc) is 3.25. The molecule has 0 spiro atoms. The zero-order valence-electron chi connectivity index (χ0n) is 19.8. The van der Waals surface area contributed by atoms with Gasteiger partial charge in [-0.1, -0.05) is 6.07 Å². The highest BCUT2D eigenvalue weighted by molar-refractivity contribution is 6.03. The molecule has 1 fully saturated rings. The molecule has 4 rings (SSSR count). The maximum Gasteiger partial charge on any atom is 0.255 e. The first-order valence-corrected chi connectivity index (χ1v) is 11.8. The number of rotatable bonds is 7. The van der Waals surface area contributed by atoms with Crippen molar-refractivity contribution in [2.45, 2.75) is 71.2 Å². The van der Waals surface area contributed by atoms with Gasteiger partial charge in [0.15, 0.2) is 0 Å². The Morgan fingerprint density at radius 2 is 1.79 bits per heavy atom. The fraction of sp³-hybridized carbons (Fsp3) is 0.440. The standard InChI is InChI=1S/C25H32N6O3/c1-15(2)28-24-22(25(34)30-20-8-6-19(7-9-20)29-16(3)33)12-27-31-13-18(10-23(24)31)17-4-5-21(14-32)26-11-17/h4-5,10-13,15,19-20,28,32H,6-9,14H2,1-3H3,(H,29,33)(H,30,34)/t19-,20-. The molecule has 9 nitrogen and oxygen atoms in total. The first-order valence-electron chi connectivity index (χ1n) is 11.8. The van der Waals surface area contributed by atoms with Crippen LogP contribution in [0.25, 0.3) is 16.6 Å². The van der Waals surface area contributed by atoms with Gasteiger partial charge in [-0.3, -0.25) is 14.6 Å². The van der Waals surface area contributed by atoms with Gasteiger partial charge >= 0.3 is 0 Å². The summed E-state index contributed by atoms with van der Waals surface area (Å²) in [5.41, 5.74) is 4.48. The predicted molar refractivity (Wildman–Crippen MR) is 130 cm³/mol. The summed E-state index contributed by atoms with van der Waals surface area (Å²) in [6.45, 7) is 5.50. The highest BCUT2D eigenvalue weighted by Crippen LogP contribution is 2.29. The van der Waals surface area contributed by atoms with E-state index in [9.17, 15) is 14.7 Å². The van der Waals surface area contributed by atoms with Crippen LogP contribution in [0.1, 0.15) is 62.5 Å². The number of aliphatic hydroxyl groups is 1. The number of amides is 2. The Morgan fingerprint density at radius 3 is 2.38 bits per heavy atom. The molecule has 1 saturated carbocycles. The Kier molecular flexibility index (Phi) is 7.12. The van der Waals surface area contributed by atoms with Crippen LogP contribution in [0, 0.1) is 0 Å². The lowest BCUT2D eigenvalue weighted by Crippen LogP contribution is -2.43. The highest BCUT2D eigenvalue weighted by Gasteiger charge is 2.25. The molecule has 4 N–H and O–H groups in total. The number of hydrogen-bond donors (Lipinski definition) is 4. The molecule has 180 valence electrons. The van der Waals surface area contributed by atoms with Crippen LogP contribution in [0.3, 0.4) is 0 Å². The van der Waals surface area contributed by atoms with Gasteiger partial charge in [-0.25, -0.2) is 4.52 Å². The number of anilines is 1. The number of hydrogen-bond acceptors (Lipinski definition) is 6. The third-order valence-corrected chi connectivity index (χ3v) is 6.10. The van der Waals surface area contributed by atoms with Crippen LogP contribution in [-0.2, 0) is 11.4 Å². The number of nitrogens with zero attached hydrogens (tertiary/aromatic N) is 3. The van der Waals surface area contributed by atoms with Crippen molar-refractivity contribution in [3.05, 3.63) is 48.0 Å². The lowest BCUT2D eigenvalue weighted by atomic mass is 9.91. The highest BCUT2D eigenvalue weighted by atomic mass is 16.3. The van der Waals surface area contributed by atoms with Gasteiger partial charge < -0.3 is 21.1 Å². The fourth-order valence-corrected chi connectivity index (χ4v) is 4.45. The van der Waals surface area contributed by atoms with E-state index in [-0.39, 0.29) is 36.5 Å². The second-order valence-corrected chi connectivity index (χ2v) is 9.21. The number of aromatic nitrogens is 3. The molecular weight excluding hydrogens is 432 g/mol. The van der Waals surface area contributed by atoms with Gasteiger partial charge in [-0.2, -0.15) is 5.10 Å². The summed E-state index contributed by atoms with van der Waals surface area (Å²) < 4.78 is 1.76. The summed E-state index contributed by atoms with van der Waals surface area (Å²) in [7, 11) is 0. The number of carbonyl (C=O) groups excluding carboxylic acids is 2. The van der Waals surface area contributed by atoms with E-state index in [1.807, 2.05) is 32.2 Å². The number of carbonyl (C=O) groups is 2. The molecule has 0 bridgehead atoms. The van der Waals surface area contributed by atoms with Gasteiger partial charge in [-0.15, -0.1) is 0 Å². The second-order valence-electron chi connectivity index (χ2n) is 9.21. The molecule has 3 heterocycles. The number of nitrogens with one attached hydrogen (secondary N) is 3. The van der Waals surface area contributed by atoms with E-state index in [4.69, 9.17) is 0 Å². The Morgan fingerprint density at radius 1 is 1.09 bits per heavy atom. The van der Waals surface area contributed by atoms with E-state index in [2.05, 4.69) is 26.0 Å². The minimum Gasteiger partial charge on any atom is -0.390 e. The van der Waals surface area contributed by atoms with Crippen molar-refractivity contribution in [1.29, 1.82) is 0 Å². The van der Waals surface area contributed by atoms with Gasteiger partial charge in [0.1, 0.15) is 0 Å². The molecule has 0 aromatic carbocycles. The number of fused-ring (bicyclic) bond motifs is 1. The maximum absolute atomic E-state index is 13.3. The van der Waals surface area contributed by atoms with Crippen LogP contribution < -0.4 is 16.0 Å². The van der Waals surface area contributed by atoms with E-state index in [0.29, 0.717) is 11.3 Å². The molecule has 3 aromatic rings. The lowest BCUT2D eigenvalue weighted by molar-refractivity contribution is -0.119. The van der Waals surface area contributed by atoms with Crippen molar-refractivity contribution in [3.8, 4) is 11.1 Å². The van der Waals surface area contributed by atoms with Crippen molar-refractivity contribution >= 4 is 23.0 Å². The largest absolute Gasteiger partial charge is 0.390 e. The van der Waals surface area contributed by atoms with E-state index >= 15 is 0 Å². The molecule has 0 aliphatic heterocycles. The summed E-state index contributed by atoms with van der Waals surface area (Å²) in [5.74, 6) is -0.166. The molecule has 3 aromatic heterocycles. The summed E-state index contributed by atoms with van der Waals surface area (Å²) >= 11 is 0. The Labute approximate surface area is 199 Å². The number of pyridine rings is 1. The van der Waals surface area contributed by atoms with Crippen LogP contribution >= 0.6 is 0 Å². The minimum atomic E-state index is -0.155. The predicted octanol–water partition coefficient (Wildman–Crippen LogP) is 2.89. The average molecular weight is 465 g/mol. The van der Waals surface area contributed by atoms with Crippen LogP contribution in [0.4, 0.5) is 5.69 Å². The van der Waals surface area contributed by atoms with Crippen LogP contribution in [0.15, 0.2) is 36.8 Å². The summed E-state index contributed by atoms with van der Waals surface area (Å²) in [6, 6.07) is 6.06. The number of aliphatic hydroxyl groups excluding tert-OH is 1. The molecule has 0 radical (unpaired) electrons. The van der Waals surface area contributed by atoms with Crippen molar-refractivity contribution in [3.63, 3.8) is 0 Å². The third kappa shape index (κ3) is 5.36. The van der Waals surface area contributed by atoms with E-state index in [0.717, 1.165) is 48.0 Å². The zero-order valence-corrected chi connectivity index (χ0v) is 19.8. The lowest BCUT2D eigenvalue weighted by Gasteiger charge is -2.29. The van der Waals surface area contributed by atoms with Crippen LogP contribution in [0.2, 0.25) is 0 Å². The monoisotopic (exact) mass is 464 g/mol. The molecule has 2 amide bonds. The summed E-state index contributed by atoms with van der Waals surface area (Å²) in [6.07, 6.45) is 8.58. The van der Waals surface area contributed by atoms with Gasteiger partial charge in [0.05, 0.1) is 35.3 Å². The van der Waals surface area contributed by atoms with Crippen molar-refractivity contribution < 1.29 is 14.7 Å². The van der Waals surface area contributed by atoms with E-state index < -0.39 is 0 Å². The Bertz CT molecular complexity index is 1160. The molecule has 0 unspecified atom stereocenters. The fourth-order valence-electron chi connectivity index (χ4n) is 4.45. The normalized spacial score (nSPS) is 18.1. The first kappa shape index (κ1) is 23.7. The quantitative estimate of drug-likeness (QED) is 0.427. The van der Waals surface area contributed by atoms with Gasteiger partial charge in [0, 0.05) is 48.6 Å². The molecule has 1 aliphatic rings. The third-order valence-electron chi connectivity index (χ3n) is 6.10. The van der Waals surface area contributed by atoms with E-state index in [1.165, 1.54) is 6.92 Å². The Balaban J connectivity index is 1.58. The van der Waals surface area contributed by atoms with Crippen molar-refractivity contribution in [2.75, 3.05) is 5.32 Å². The first-order chi connectivity index (χ1) is 16.3. The van der Waals surface area contributed by atoms with Gasteiger partial charge in [0.2, 0.25) is 5.91 Å². The van der Waals surface area contributed by atoms with Crippen LogP contribution in [-0.4, -0.2) is 49.6 Å². The summed E-state index contributed by atoms with van der Waals surface area (Å²) in [5, 5.41) is 23.3.